The molecule has 0 saturated carbocycles. The van der Waals surface area contributed by atoms with Gasteiger partial charge in [0, 0.05) is 30.1 Å². The Morgan fingerprint density at radius 2 is 1.77 bits per heavy atom. The van der Waals surface area contributed by atoms with E-state index in [0.717, 1.165) is 17.4 Å². The van der Waals surface area contributed by atoms with Gasteiger partial charge >= 0.3 is 5.63 Å². The van der Waals surface area contributed by atoms with Gasteiger partial charge in [0.2, 0.25) is 0 Å². The fraction of sp³-hybridized carbons (Fsp3) is 0.318. The lowest BCUT2D eigenvalue weighted by Gasteiger charge is -2.16. The van der Waals surface area contributed by atoms with Crippen LogP contribution in [-0.2, 0) is 13.0 Å². The lowest BCUT2D eigenvalue weighted by atomic mass is 10.00. The fourth-order valence-electron chi connectivity index (χ4n) is 3.16. The van der Waals surface area contributed by atoms with Crippen LogP contribution in [0, 0.1) is 5.92 Å². The summed E-state index contributed by atoms with van der Waals surface area (Å²) in [7, 11) is 0. The molecular formula is C22H25NO3. The van der Waals surface area contributed by atoms with Gasteiger partial charge in [0.25, 0.3) is 0 Å². The van der Waals surface area contributed by atoms with Crippen LogP contribution in [0.4, 0.5) is 0 Å². The van der Waals surface area contributed by atoms with Crippen LogP contribution >= 0.6 is 0 Å². The molecule has 0 aliphatic carbocycles. The molecular weight excluding hydrogens is 326 g/mol. The van der Waals surface area contributed by atoms with Gasteiger partial charge in [-0.05, 0) is 48.1 Å². The van der Waals surface area contributed by atoms with E-state index in [1.54, 1.807) is 12.1 Å². The minimum Gasteiger partial charge on any atom is -0.508 e. The molecule has 0 radical (unpaired) electrons. The van der Waals surface area contributed by atoms with Crippen molar-refractivity contribution < 1.29 is 9.52 Å². The lowest BCUT2D eigenvalue weighted by Crippen LogP contribution is -2.19. The highest BCUT2D eigenvalue weighted by Crippen LogP contribution is 2.22. The number of phenols is 1. The molecule has 0 aliphatic heterocycles. The molecule has 3 aromatic rings. The number of hydrogen-bond acceptors (Lipinski definition) is 4. The normalized spacial score (nSPS) is 12.6. The number of aromatic hydroxyl groups is 1. The molecule has 1 heterocycles. The van der Waals surface area contributed by atoms with Crippen molar-refractivity contribution >= 4 is 11.0 Å². The monoisotopic (exact) mass is 351 g/mol. The predicted molar refractivity (Wildman–Crippen MR) is 104 cm³/mol. The zero-order valence-electron chi connectivity index (χ0n) is 15.5. The molecule has 4 nitrogen and oxygen atoms in total. The molecule has 0 saturated heterocycles. The molecule has 136 valence electrons. The summed E-state index contributed by atoms with van der Waals surface area (Å²) in [5.74, 6) is 0.731. The second-order valence-corrected chi connectivity index (χ2v) is 7.21. The van der Waals surface area contributed by atoms with Crippen molar-refractivity contribution in [2.24, 2.45) is 5.92 Å². The topological polar surface area (TPSA) is 62.5 Å². The number of benzene rings is 2. The standard InChI is InChI=1S/C22H25NO3/c1-14(2)10-16-4-6-17(7-5-16)15(3)23-13-18-11-22(25)26-21-12-19(24)8-9-20(18)21/h4-9,11-12,14-15,23-24H,10,13H2,1-3H3/t15-/m1/s1. The Morgan fingerprint density at radius 3 is 2.46 bits per heavy atom. The van der Waals surface area contributed by atoms with Crippen molar-refractivity contribution in [3.63, 3.8) is 0 Å². The average Bonchev–Trinajstić information content (AvgIpc) is 2.59. The molecule has 0 fully saturated rings. The van der Waals surface area contributed by atoms with Crippen LogP contribution < -0.4 is 10.9 Å². The second kappa shape index (κ2) is 7.75. The Bertz CT molecular complexity index is 942. The van der Waals surface area contributed by atoms with Gasteiger partial charge in [-0.2, -0.15) is 0 Å². The summed E-state index contributed by atoms with van der Waals surface area (Å²) in [6.07, 6.45) is 1.08. The number of hydrogen-bond donors (Lipinski definition) is 2. The van der Waals surface area contributed by atoms with Gasteiger partial charge in [-0.1, -0.05) is 38.1 Å². The zero-order valence-corrected chi connectivity index (χ0v) is 15.5. The molecule has 0 spiro atoms. The SMILES string of the molecule is CC(C)Cc1ccc([C@@H](C)NCc2cc(=O)oc3cc(O)ccc23)cc1. The zero-order chi connectivity index (χ0) is 18.7. The second-order valence-electron chi connectivity index (χ2n) is 7.21. The van der Waals surface area contributed by atoms with Crippen molar-refractivity contribution in [2.45, 2.75) is 39.8 Å². The Morgan fingerprint density at radius 1 is 1.04 bits per heavy atom. The van der Waals surface area contributed by atoms with Gasteiger partial charge in [-0.15, -0.1) is 0 Å². The van der Waals surface area contributed by atoms with E-state index >= 15 is 0 Å². The van der Waals surface area contributed by atoms with Crippen LogP contribution in [-0.4, -0.2) is 5.11 Å². The van der Waals surface area contributed by atoms with Crippen LogP contribution in [0.15, 0.2) is 57.7 Å². The highest BCUT2D eigenvalue weighted by atomic mass is 16.4. The predicted octanol–water partition coefficient (Wildman–Crippen LogP) is 4.55. The van der Waals surface area contributed by atoms with Crippen molar-refractivity contribution in [2.75, 3.05) is 0 Å². The van der Waals surface area contributed by atoms with Crippen LogP contribution in [0.1, 0.15) is 43.5 Å². The molecule has 0 aliphatic rings. The Hall–Kier alpha value is -2.59. The van der Waals surface area contributed by atoms with Gasteiger partial charge < -0.3 is 14.8 Å². The summed E-state index contributed by atoms with van der Waals surface area (Å²) < 4.78 is 5.18. The van der Waals surface area contributed by atoms with Gasteiger partial charge in [0.05, 0.1) is 0 Å². The largest absolute Gasteiger partial charge is 0.508 e. The third-order valence-corrected chi connectivity index (χ3v) is 4.54. The summed E-state index contributed by atoms with van der Waals surface area (Å²) >= 11 is 0. The molecule has 4 heteroatoms. The van der Waals surface area contributed by atoms with E-state index in [4.69, 9.17) is 4.42 Å². The summed E-state index contributed by atoms with van der Waals surface area (Å²) in [5, 5.41) is 13.9. The molecule has 2 aromatic carbocycles. The minimum atomic E-state index is -0.411. The summed E-state index contributed by atoms with van der Waals surface area (Å²) in [6.45, 7) is 7.09. The molecule has 0 unspecified atom stereocenters. The minimum absolute atomic E-state index is 0.0839. The van der Waals surface area contributed by atoms with Crippen molar-refractivity contribution in [3.8, 4) is 5.75 Å². The smallest absolute Gasteiger partial charge is 0.336 e. The third kappa shape index (κ3) is 4.33. The van der Waals surface area contributed by atoms with Gasteiger partial charge in [0.15, 0.2) is 0 Å². The van der Waals surface area contributed by atoms with Crippen LogP contribution in [0.2, 0.25) is 0 Å². The first kappa shape index (κ1) is 18.2. The van der Waals surface area contributed by atoms with Gasteiger partial charge in [0.1, 0.15) is 11.3 Å². The third-order valence-electron chi connectivity index (χ3n) is 4.54. The molecule has 2 N–H and O–H groups in total. The molecule has 26 heavy (non-hydrogen) atoms. The number of rotatable bonds is 6. The van der Waals surface area contributed by atoms with E-state index < -0.39 is 5.63 Å². The number of nitrogens with one attached hydrogen (secondary N) is 1. The van der Waals surface area contributed by atoms with E-state index in [-0.39, 0.29) is 11.8 Å². The molecule has 3 rings (SSSR count). The first-order chi connectivity index (χ1) is 12.4. The number of phenolic OH excluding ortho intramolecular Hbond substituents is 1. The summed E-state index contributed by atoms with van der Waals surface area (Å²) in [6, 6.07) is 15.2. The van der Waals surface area contributed by atoms with E-state index in [1.165, 1.54) is 23.3 Å². The lowest BCUT2D eigenvalue weighted by molar-refractivity contribution is 0.473. The summed E-state index contributed by atoms with van der Waals surface area (Å²) in [5.41, 5.74) is 3.41. The fourth-order valence-corrected chi connectivity index (χ4v) is 3.16. The molecule has 1 aromatic heterocycles. The van der Waals surface area contributed by atoms with E-state index in [0.29, 0.717) is 18.0 Å². The van der Waals surface area contributed by atoms with Gasteiger partial charge in [-0.3, -0.25) is 0 Å². The Kier molecular flexibility index (Phi) is 5.43. The van der Waals surface area contributed by atoms with E-state index in [9.17, 15) is 9.90 Å². The number of fused-ring (bicyclic) bond motifs is 1. The van der Waals surface area contributed by atoms with Crippen LogP contribution in [0.3, 0.4) is 0 Å². The highest BCUT2D eigenvalue weighted by molar-refractivity contribution is 5.81. The Balaban J connectivity index is 1.74. The van der Waals surface area contributed by atoms with Gasteiger partial charge in [-0.25, -0.2) is 4.79 Å². The first-order valence-corrected chi connectivity index (χ1v) is 9.00. The molecule has 0 amide bonds. The van der Waals surface area contributed by atoms with E-state index in [2.05, 4.69) is 50.4 Å². The first-order valence-electron chi connectivity index (χ1n) is 9.00. The van der Waals surface area contributed by atoms with Crippen LogP contribution in [0.5, 0.6) is 5.75 Å². The maximum absolute atomic E-state index is 11.8. The highest BCUT2D eigenvalue weighted by Gasteiger charge is 2.10. The average molecular weight is 351 g/mol. The molecule has 1 atom stereocenters. The van der Waals surface area contributed by atoms with Crippen molar-refractivity contribution in [1.82, 2.24) is 5.32 Å². The maximum atomic E-state index is 11.8. The quantitative estimate of drug-likeness (QED) is 0.640. The van der Waals surface area contributed by atoms with Crippen molar-refractivity contribution in [3.05, 3.63) is 75.6 Å². The molecule has 0 bridgehead atoms. The van der Waals surface area contributed by atoms with Crippen molar-refractivity contribution in [1.29, 1.82) is 0 Å². The van der Waals surface area contributed by atoms with Crippen LogP contribution in [0.25, 0.3) is 11.0 Å². The maximum Gasteiger partial charge on any atom is 0.336 e. The Labute approximate surface area is 153 Å². The van der Waals surface area contributed by atoms with E-state index in [1.807, 2.05) is 0 Å². The summed E-state index contributed by atoms with van der Waals surface area (Å²) in [4.78, 5) is 11.8.